The molecule has 0 unspecified atom stereocenters. The fourth-order valence-electron chi connectivity index (χ4n) is 11.5. The molecule has 5 heterocycles. The molecule has 0 fully saturated rings. The van der Waals surface area contributed by atoms with Crippen LogP contribution < -0.4 is 0 Å². The fraction of sp³-hybridized carbons (Fsp3) is 0.107. The second-order valence-electron chi connectivity index (χ2n) is 18.3. The Kier molecular flexibility index (Phi) is 6.35. The number of aromatic nitrogens is 6. The second-order valence-corrected chi connectivity index (χ2v) is 18.3. The van der Waals surface area contributed by atoms with Gasteiger partial charge >= 0.3 is 0 Å². The van der Waals surface area contributed by atoms with Crippen LogP contribution in [0.25, 0.3) is 110 Å². The number of fused-ring (bicyclic) bond motifs is 18. The van der Waals surface area contributed by atoms with Gasteiger partial charge in [0.05, 0.1) is 67.9 Å². The summed E-state index contributed by atoms with van der Waals surface area (Å²) in [7, 11) is 0. The molecule has 2 aliphatic carbocycles. The van der Waals surface area contributed by atoms with E-state index in [2.05, 4.69) is 170 Å². The minimum Gasteiger partial charge on any atom is -0.308 e. The summed E-state index contributed by atoms with van der Waals surface area (Å²) in [6.45, 7) is 9.37. The third-order valence-electron chi connectivity index (χ3n) is 14.4. The van der Waals surface area contributed by atoms with E-state index in [0.717, 1.165) is 66.3 Å². The molecule has 0 radical (unpaired) electrons. The number of para-hydroxylation sites is 2. The molecule has 0 saturated heterocycles. The van der Waals surface area contributed by atoms with Gasteiger partial charge in [0.25, 0.3) is 0 Å². The van der Waals surface area contributed by atoms with E-state index >= 15 is 0 Å². The van der Waals surface area contributed by atoms with E-state index < -0.39 is 0 Å². The maximum Gasteiger partial charge on any atom is 0.0989 e. The highest BCUT2D eigenvalue weighted by Gasteiger charge is 2.37. The summed E-state index contributed by atoms with van der Waals surface area (Å²) in [4.78, 5) is 20.6. The monoisotopic (exact) mass is 794 g/mol. The minimum absolute atomic E-state index is 0.125. The lowest BCUT2D eigenvalue weighted by Gasteiger charge is -2.21. The van der Waals surface area contributed by atoms with Gasteiger partial charge in [-0.3, -0.25) is 19.9 Å². The molecule has 7 aromatic carbocycles. The Balaban J connectivity index is 0.994. The molecular weight excluding hydrogens is 757 g/mol. The summed E-state index contributed by atoms with van der Waals surface area (Å²) in [5, 5.41) is 6.74. The van der Waals surface area contributed by atoms with Gasteiger partial charge in [-0.15, -0.1) is 0 Å². The van der Waals surface area contributed by atoms with Crippen LogP contribution in [0.4, 0.5) is 0 Å². The number of benzene rings is 7. The quantitative estimate of drug-likeness (QED) is 0.164. The summed E-state index contributed by atoms with van der Waals surface area (Å²) in [5.41, 5.74) is 20.2. The van der Waals surface area contributed by atoms with Crippen molar-refractivity contribution in [2.75, 3.05) is 0 Å². The lowest BCUT2D eigenvalue weighted by Crippen LogP contribution is -2.15. The molecule has 14 rings (SSSR count). The van der Waals surface area contributed by atoms with Gasteiger partial charge in [0.1, 0.15) is 0 Å². The highest BCUT2D eigenvalue weighted by Crippen LogP contribution is 2.53. The Morgan fingerprint density at radius 1 is 0.339 bits per heavy atom. The van der Waals surface area contributed by atoms with E-state index in [4.69, 9.17) is 19.9 Å². The fourth-order valence-corrected chi connectivity index (χ4v) is 11.5. The molecule has 2 aliphatic rings. The predicted molar refractivity (Wildman–Crippen MR) is 254 cm³/mol. The number of nitrogens with zero attached hydrogens (tertiary/aromatic N) is 6. The van der Waals surface area contributed by atoms with Gasteiger partial charge < -0.3 is 9.13 Å². The Bertz CT molecular complexity index is 3720. The van der Waals surface area contributed by atoms with Crippen molar-refractivity contribution < 1.29 is 0 Å². The first-order valence-electron chi connectivity index (χ1n) is 21.5. The van der Waals surface area contributed by atoms with Gasteiger partial charge in [-0.25, -0.2) is 0 Å². The summed E-state index contributed by atoms with van der Waals surface area (Å²) in [6.07, 6.45) is 7.58. The molecule has 6 heteroatoms. The van der Waals surface area contributed by atoms with Crippen LogP contribution >= 0.6 is 0 Å². The van der Waals surface area contributed by atoms with Crippen molar-refractivity contribution in [3.8, 4) is 33.6 Å². The smallest absolute Gasteiger partial charge is 0.0989 e. The Labute approximate surface area is 356 Å². The van der Waals surface area contributed by atoms with Gasteiger partial charge in [-0.1, -0.05) is 113 Å². The van der Waals surface area contributed by atoms with Crippen LogP contribution in [0.5, 0.6) is 0 Å². The average Bonchev–Trinajstić information content (AvgIpc) is 3.96. The first-order chi connectivity index (χ1) is 30.3. The van der Waals surface area contributed by atoms with Crippen molar-refractivity contribution in [3.63, 3.8) is 0 Å². The van der Waals surface area contributed by atoms with Crippen LogP contribution in [0, 0.1) is 0 Å². The number of pyridine rings is 2. The Morgan fingerprint density at radius 3 is 1.21 bits per heavy atom. The third-order valence-corrected chi connectivity index (χ3v) is 14.4. The molecular formula is C56H38N6. The van der Waals surface area contributed by atoms with Crippen molar-refractivity contribution in [2.24, 2.45) is 0 Å². The van der Waals surface area contributed by atoms with Crippen LogP contribution in [0.2, 0.25) is 0 Å². The third kappa shape index (κ3) is 4.19. The van der Waals surface area contributed by atoms with E-state index in [0.29, 0.717) is 0 Å². The van der Waals surface area contributed by atoms with Gasteiger partial charge in [0, 0.05) is 55.5 Å². The van der Waals surface area contributed by atoms with Crippen molar-refractivity contribution in [1.29, 1.82) is 0 Å². The van der Waals surface area contributed by atoms with Gasteiger partial charge in [-0.2, -0.15) is 0 Å². The first-order valence-corrected chi connectivity index (χ1v) is 21.5. The molecule has 0 bridgehead atoms. The highest BCUT2D eigenvalue weighted by molar-refractivity contribution is 6.21. The van der Waals surface area contributed by atoms with E-state index in [1.165, 1.54) is 66.1 Å². The topological polar surface area (TPSA) is 61.4 Å². The zero-order valence-corrected chi connectivity index (χ0v) is 34.7. The molecule has 0 spiro atoms. The van der Waals surface area contributed by atoms with E-state index in [1.807, 2.05) is 12.4 Å². The van der Waals surface area contributed by atoms with E-state index in [1.54, 1.807) is 12.4 Å². The zero-order chi connectivity index (χ0) is 41.2. The lowest BCUT2D eigenvalue weighted by atomic mass is 9.82. The summed E-state index contributed by atoms with van der Waals surface area (Å²) in [5.74, 6) is 0. The molecule has 0 N–H and O–H groups in total. The van der Waals surface area contributed by atoms with Gasteiger partial charge in [0.15, 0.2) is 0 Å². The predicted octanol–water partition coefficient (Wildman–Crippen LogP) is 13.5. The summed E-state index contributed by atoms with van der Waals surface area (Å²) >= 11 is 0. The van der Waals surface area contributed by atoms with Crippen LogP contribution in [0.3, 0.4) is 0 Å². The summed E-state index contributed by atoms with van der Waals surface area (Å²) < 4.78 is 4.75. The molecule has 12 aromatic rings. The van der Waals surface area contributed by atoms with Crippen LogP contribution in [0.15, 0.2) is 158 Å². The second kappa shape index (κ2) is 11.6. The van der Waals surface area contributed by atoms with Crippen LogP contribution in [-0.4, -0.2) is 29.1 Å². The number of hydrogen-bond acceptors (Lipinski definition) is 4. The molecule has 5 aromatic heterocycles. The standard InChI is InChI=1S/C56H38N6/c1-55(2)43-17-9-5-13-33(43)37-25-39-35-15-7-11-19-47(35)61(49(39)27-45(37)55)31-23-41-51-52(58-22-21-57-51)42-24-32(30-60-54(42)53(41)59-29-31)62-48-20-12-8-16-36(48)40-26-38-34-14-6-10-18-44(34)56(3,4)46(38)28-50(40)62/h5-30H,1-4H3. The van der Waals surface area contributed by atoms with Crippen molar-refractivity contribution in [2.45, 2.75) is 38.5 Å². The maximum atomic E-state index is 5.27. The van der Waals surface area contributed by atoms with Gasteiger partial charge in [-0.05, 0) is 93.0 Å². The highest BCUT2D eigenvalue weighted by atomic mass is 15.0. The van der Waals surface area contributed by atoms with Crippen LogP contribution in [0.1, 0.15) is 49.9 Å². The van der Waals surface area contributed by atoms with Crippen molar-refractivity contribution in [3.05, 3.63) is 181 Å². The summed E-state index contributed by atoms with van der Waals surface area (Å²) in [6, 6.07) is 49.3. The molecule has 0 atom stereocenters. The van der Waals surface area contributed by atoms with Gasteiger partial charge in [0.2, 0.25) is 0 Å². The molecule has 0 amide bonds. The Morgan fingerprint density at radius 2 is 0.742 bits per heavy atom. The molecule has 0 saturated carbocycles. The molecule has 6 nitrogen and oxygen atoms in total. The normalized spacial score (nSPS) is 14.7. The molecule has 292 valence electrons. The molecule has 62 heavy (non-hydrogen) atoms. The van der Waals surface area contributed by atoms with E-state index in [9.17, 15) is 0 Å². The van der Waals surface area contributed by atoms with Crippen LogP contribution in [-0.2, 0) is 10.8 Å². The average molecular weight is 795 g/mol. The van der Waals surface area contributed by atoms with Crippen molar-refractivity contribution >= 4 is 76.5 Å². The Hall–Kier alpha value is -7.70. The minimum atomic E-state index is -0.125. The maximum absolute atomic E-state index is 5.27. The SMILES string of the molecule is CC1(C)c2ccccc2-c2cc3c4ccccc4n(-c4cnc5c(c4)c4nccnc4c4cc(-n6c7ccccc7c7cc8c(cc76)C(C)(C)c6ccccc6-8)cnc45)c3cc21. The largest absolute Gasteiger partial charge is 0.308 e. The number of rotatable bonds is 2. The van der Waals surface area contributed by atoms with E-state index in [-0.39, 0.29) is 10.8 Å². The zero-order valence-electron chi connectivity index (χ0n) is 34.7. The first kappa shape index (κ1) is 34.1. The number of hydrogen-bond donors (Lipinski definition) is 0. The molecule has 0 aliphatic heterocycles. The van der Waals surface area contributed by atoms with Crippen molar-refractivity contribution in [1.82, 2.24) is 29.1 Å². The lowest BCUT2D eigenvalue weighted by molar-refractivity contribution is 0.661.